The predicted molar refractivity (Wildman–Crippen MR) is 97.6 cm³/mol. The van der Waals surface area contributed by atoms with Crippen molar-refractivity contribution in [2.45, 2.75) is 13.8 Å². The van der Waals surface area contributed by atoms with Crippen molar-refractivity contribution in [3.63, 3.8) is 0 Å². The third kappa shape index (κ3) is 4.21. The Morgan fingerprint density at radius 1 is 1.24 bits per heavy atom. The first-order valence-electron chi connectivity index (χ1n) is 8.46. The van der Waals surface area contributed by atoms with Gasteiger partial charge in [-0.15, -0.1) is 0 Å². The second kappa shape index (κ2) is 7.99. The van der Waals surface area contributed by atoms with E-state index in [-0.39, 0.29) is 5.91 Å². The third-order valence-corrected chi connectivity index (χ3v) is 4.94. The number of hydrogen-bond acceptors (Lipinski definition) is 4. The molecule has 0 spiro atoms. The molecule has 134 valence electrons. The van der Waals surface area contributed by atoms with E-state index in [0.29, 0.717) is 17.1 Å². The Hall–Kier alpha value is -1.89. The summed E-state index contributed by atoms with van der Waals surface area (Å²) in [5.41, 5.74) is 3.21. The van der Waals surface area contributed by atoms with Gasteiger partial charge in [-0.3, -0.25) is 9.69 Å². The van der Waals surface area contributed by atoms with E-state index >= 15 is 0 Å². The molecule has 1 N–H and O–H groups in total. The van der Waals surface area contributed by atoms with Crippen molar-refractivity contribution in [3.05, 3.63) is 46.2 Å². The van der Waals surface area contributed by atoms with Gasteiger partial charge in [-0.05, 0) is 38.1 Å². The number of carbonyl (C=O) groups is 1. The molecule has 1 aromatic carbocycles. The minimum absolute atomic E-state index is 0.0637. The standard InChI is InChI=1S/C18H23ClN4O2/c1-13-17(19)14(2)23(21-13)16-5-3-15(4-6-16)18(24)20-7-8-22-9-11-25-12-10-22/h3-6H,7-12H2,1-2H3,(H,20,24). The Morgan fingerprint density at radius 3 is 2.52 bits per heavy atom. The van der Waals surface area contributed by atoms with Gasteiger partial charge in [-0.1, -0.05) is 11.6 Å². The fourth-order valence-electron chi connectivity index (χ4n) is 2.88. The van der Waals surface area contributed by atoms with Crippen LogP contribution in [0.2, 0.25) is 5.02 Å². The lowest BCUT2D eigenvalue weighted by atomic mass is 10.2. The first-order valence-corrected chi connectivity index (χ1v) is 8.84. The molecule has 0 bridgehead atoms. The molecule has 6 nitrogen and oxygen atoms in total. The Bertz CT molecular complexity index is 736. The van der Waals surface area contributed by atoms with E-state index in [1.165, 1.54) is 0 Å². The van der Waals surface area contributed by atoms with Gasteiger partial charge in [0.25, 0.3) is 5.91 Å². The Kier molecular flexibility index (Phi) is 5.73. The average molecular weight is 363 g/mol. The van der Waals surface area contributed by atoms with Crippen molar-refractivity contribution in [2.24, 2.45) is 0 Å². The molecule has 3 rings (SSSR count). The zero-order valence-electron chi connectivity index (χ0n) is 14.6. The number of halogens is 1. The fourth-order valence-corrected chi connectivity index (χ4v) is 3.00. The normalized spacial score (nSPS) is 15.3. The van der Waals surface area contributed by atoms with Crippen LogP contribution in [0.25, 0.3) is 5.69 Å². The second-order valence-corrected chi connectivity index (χ2v) is 6.53. The zero-order valence-corrected chi connectivity index (χ0v) is 15.3. The van der Waals surface area contributed by atoms with Crippen LogP contribution in [0, 0.1) is 13.8 Å². The Morgan fingerprint density at radius 2 is 1.92 bits per heavy atom. The van der Waals surface area contributed by atoms with Gasteiger partial charge in [0, 0.05) is 31.7 Å². The molecular formula is C18H23ClN4O2. The minimum Gasteiger partial charge on any atom is -0.379 e. The van der Waals surface area contributed by atoms with Crippen molar-refractivity contribution in [2.75, 3.05) is 39.4 Å². The number of rotatable bonds is 5. The molecular weight excluding hydrogens is 340 g/mol. The number of ether oxygens (including phenoxy) is 1. The maximum Gasteiger partial charge on any atom is 0.251 e. The van der Waals surface area contributed by atoms with Crippen molar-refractivity contribution in [1.82, 2.24) is 20.0 Å². The molecule has 0 radical (unpaired) electrons. The van der Waals surface area contributed by atoms with E-state index < -0.39 is 0 Å². The SMILES string of the molecule is Cc1nn(-c2ccc(C(=O)NCCN3CCOCC3)cc2)c(C)c1Cl. The lowest BCUT2D eigenvalue weighted by molar-refractivity contribution is 0.0383. The molecule has 2 aromatic rings. The van der Waals surface area contributed by atoms with Crippen molar-refractivity contribution in [3.8, 4) is 5.69 Å². The summed E-state index contributed by atoms with van der Waals surface area (Å²) in [5, 5.41) is 8.06. The highest BCUT2D eigenvalue weighted by molar-refractivity contribution is 6.31. The first kappa shape index (κ1) is 17.9. The maximum atomic E-state index is 12.3. The summed E-state index contributed by atoms with van der Waals surface area (Å²) in [6.45, 7) is 8.67. The van der Waals surface area contributed by atoms with Crippen LogP contribution in [0.15, 0.2) is 24.3 Å². The van der Waals surface area contributed by atoms with Crippen molar-refractivity contribution in [1.29, 1.82) is 0 Å². The molecule has 1 saturated heterocycles. The number of benzene rings is 1. The molecule has 1 fully saturated rings. The fraction of sp³-hybridized carbons (Fsp3) is 0.444. The summed E-state index contributed by atoms with van der Waals surface area (Å²) in [6, 6.07) is 7.38. The molecule has 1 aromatic heterocycles. The van der Waals surface area contributed by atoms with Crippen LogP contribution in [-0.4, -0.2) is 60.0 Å². The van der Waals surface area contributed by atoms with Gasteiger partial charge < -0.3 is 10.1 Å². The highest BCUT2D eigenvalue weighted by Gasteiger charge is 2.13. The molecule has 25 heavy (non-hydrogen) atoms. The molecule has 0 aliphatic carbocycles. The molecule has 0 unspecified atom stereocenters. The highest BCUT2D eigenvalue weighted by atomic mass is 35.5. The van der Waals surface area contributed by atoms with Gasteiger partial charge in [0.05, 0.1) is 35.3 Å². The van der Waals surface area contributed by atoms with E-state index in [4.69, 9.17) is 16.3 Å². The number of morpholine rings is 1. The van der Waals surface area contributed by atoms with Crippen LogP contribution in [0.1, 0.15) is 21.7 Å². The van der Waals surface area contributed by atoms with E-state index in [1.807, 2.05) is 38.1 Å². The van der Waals surface area contributed by atoms with E-state index in [2.05, 4.69) is 15.3 Å². The van der Waals surface area contributed by atoms with Crippen LogP contribution in [0.4, 0.5) is 0 Å². The number of carbonyl (C=O) groups excluding carboxylic acids is 1. The number of nitrogens with zero attached hydrogens (tertiary/aromatic N) is 3. The Labute approximate surface area is 152 Å². The average Bonchev–Trinajstić information content (AvgIpc) is 2.90. The number of nitrogens with one attached hydrogen (secondary N) is 1. The van der Waals surface area contributed by atoms with Crippen LogP contribution in [0.3, 0.4) is 0 Å². The Balaban J connectivity index is 1.57. The monoisotopic (exact) mass is 362 g/mol. The van der Waals surface area contributed by atoms with Gasteiger partial charge >= 0.3 is 0 Å². The van der Waals surface area contributed by atoms with Gasteiger partial charge in [-0.2, -0.15) is 5.10 Å². The molecule has 1 aliphatic heterocycles. The van der Waals surface area contributed by atoms with Gasteiger partial charge in [0.1, 0.15) is 0 Å². The molecule has 1 aliphatic rings. The van der Waals surface area contributed by atoms with Gasteiger partial charge in [-0.25, -0.2) is 4.68 Å². The van der Waals surface area contributed by atoms with Crippen LogP contribution < -0.4 is 5.32 Å². The number of amides is 1. The summed E-state index contributed by atoms with van der Waals surface area (Å²) in [6.07, 6.45) is 0. The van der Waals surface area contributed by atoms with E-state index in [0.717, 1.165) is 49.9 Å². The van der Waals surface area contributed by atoms with Gasteiger partial charge in [0.2, 0.25) is 0 Å². The lowest BCUT2D eigenvalue weighted by Gasteiger charge is -2.26. The lowest BCUT2D eigenvalue weighted by Crippen LogP contribution is -2.41. The van der Waals surface area contributed by atoms with Crippen molar-refractivity contribution < 1.29 is 9.53 Å². The smallest absolute Gasteiger partial charge is 0.251 e. The summed E-state index contributed by atoms with van der Waals surface area (Å²) < 4.78 is 7.11. The molecule has 0 saturated carbocycles. The number of aryl methyl sites for hydroxylation is 1. The van der Waals surface area contributed by atoms with Crippen molar-refractivity contribution >= 4 is 17.5 Å². The second-order valence-electron chi connectivity index (χ2n) is 6.15. The quantitative estimate of drug-likeness (QED) is 0.885. The first-order chi connectivity index (χ1) is 12.1. The molecule has 1 amide bonds. The predicted octanol–water partition coefficient (Wildman–Crippen LogP) is 2.20. The van der Waals surface area contributed by atoms with Crippen LogP contribution in [0.5, 0.6) is 0 Å². The maximum absolute atomic E-state index is 12.3. The molecule has 7 heteroatoms. The largest absolute Gasteiger partial charge is 0.379 e. The summed E-state index contributed by atoms with van der Waals surface area (Å²) >= 11 is 6.19. The summed E-state index contributed by atoms with van der Waals surface area (Å²) in [7, 11) is 0. The zero-order chi connectivity index (χ0) is 17.8. The third-order valence-electron chi connectivity index (χ3n) is 4.39. The van der Waals surface area contributed by atoms with E-state index in [9.17, 15) is 4.79 Å². The molecule has 2 heterocycles. The highest BCUT2D eigenvalue weighted by Crippen LogP contribution is 2.22. The van der Waals surface area contributed by atoms with Crippen LogP contribution in [-0.2, 0) is 4.74 Å². The number of hydrogen-bond donors (Lipinski definition) is 1. The summed E-state index contributed by atoms with van der Waals surface area (Å²) in [5.74, 6) is -0.0637. The summed E-state index contributed by atoms with van der Waals surface area (Å²) in [4.78, 5) is 14.6. The minimum atomic E-state index is -0.0637. The van der Waals surface area contributed by atoms with Gasteiger partial charge in [0.15, 0.2) is 0 Å². The van der Waals surface area contributed by atoms with Crippen LogP contribution >= 0.6 is 11.6 Å². The topological polar surface area (TPSA) is 59.4 Å². The van der Waals surface area contributed by atoms with E-state index in [1.54, 1.807) is 4.68 Å². The molecule has 0 atom stereocenters. The number of aromatic nitrogens is 2.